The summed E-state index contributed by atoms with van der Waals surface area (Å²) in [6.07, 6.45) is 6.85. The zero-order valence-corrected chi connectivity index (χ0v) is 17.3. The Morgan fingerprint density at radius 2 is 1.68 bits per heavy atom. The number of amides is 2. The van der Waals surface area contributed by atoms with Crippen LogP contribution >= 0.6 is 0 Å². The normalized spacial score (nSPS) is 21.0. The first kappa shape index (κ1) is 20.8. The van der Waals surface area contributed by atoms with Crippen molar-refractivity contribution in [2.45, 2.75) is 57.9 Å². The molecular formula is C23H35N3O2. The molecule has 154 valence electrons. The summed E-state index contributed by atoms with van der Waals surface area (Å²) in [6.45, 7) is 6.95. The van der Waals surface area contributed by atoms with E-state index in [4.69, 9.17) is 0 Å². The second kappa shape index (κ2) is 10.6. The number of hydrogen-bond acceptors (Lipinski definition) is 3. The molecule has 0 aliphatic carbocycles. The van der Waals surface area contributed by atoms with E-state index in [2.05, 4.69) is 24.0 Å². The van der Waals surface area contributed by atoms with Gasteiger partial charge in [0.2, 0.25) is 11.8 Å². The van der Waals surface area contributed by atoms with Crippen LogP contribution in [-0.4, -0.2) is 71.8 Å². The Hall–Kier alpha value is -1.88. The summed E-state index contributed by atoms with van der Waals surface area (Å²) < 4.78 is 0. The number of carbonyl (C=O) groups excluding carboxylic acids is 2. The van der Waals surface area contributed by atoms with Crippen molar-refractivity contribution in [3.8, 4) is 0 Å². The van der Waals surface area contributed by atoms with Gasteiger partial charge in [0.25, 0.3) is 0 Å². The van der Waals surface area contributed by atoms with Crippen LogP contribution in [0.1, 0.15) is 51.0 Å². The maximum absolute atomic E-state index is 13.0. The molecule has 0 bridgehead atoms. The van der Waals surface area contributed by atoms with Crippen LogP contribution < -0.4 is 0 Å². The Balaban J connectivity index is 1.41. The van der Waals surface area contributed by atoms with Gasteiger partial charge in [-0.1, -0.05) is 43.7 Å². The van der Waals surface area contributed by atoms with Gasteiger partial charge in [-0.05, 0) is 50.8 Å². The van der Waals surface area contributed by atoms with E-state index in [1.54, 1.807) is 0 Å². The minimum Gasteiger partial charge on any atom is -0.339 e. The molecule has 2 heterocycles. The fraction of sp³-hybridized carbons (Fsp3) is 0.652. The first-order valence-electron chi connectivity index (χ1n) is 11.0. The van der Waals surface area contributed by atoms with Crippen molar-refractivity contribution in [3.63, 3.8) is 0 Å². The SMILES string of the molecule is CCCN1CCCCC1C(=O)N1CCN(C(=O)CCCc2ccccc2)CC1. The number of piperidine rings is 1. The molecule has 2 fully saturated rings. The second-order valence-electron chi connectivity index (χ2n) is 8.09. The van der Waals surface area contributed by atoms with Gasteiger partial charge < -0.3 is 9.80 Å². The van der Waals surface area contributed by atoms with Gasteiger partial charge in [0.1, 0.15) is 0 Å². The van der Waals surface area contributed by atoms with Crippen molar-refractivity contribution in [2.75, 3.05) is 39.3 Å². The molecule has 0 spiro atoms. The number of rotatable bonds is 7. The number of benzene rings is 1. The van der Waals surface area contributed by atoms with Crippen molar-refractivity contribution >= 4 is 11.8 Å². The molecule has 2 aliphatic heterocycles. The molecule has 2 saturated heterocycles. The van der Waals surface area contributed by atoms with Crippen LogP contribution in [0.3, 0.4) is 0 Å². The van der Waals surface area contributed by atoms with Gasteiger partial charge in [0.15, 0.2) is 0 Å². The van der Waals surface area contributed by atoms with Gasteiger partial charge in [-0.15, -0.1) is 0 Å². The van der Waals surface area contributed by atoms with Gasteiger partial charge in [0, 0.05) is 32.6 Å². The monoisotopic (exact) mass is 385 g/mol. The third kappa shape index (κ3) is 5.57. The van der Waals surface area contributed by atoms with Crippen molar-refractivity contribution in [1.82, 2.24) is 14.7 Å². The number of nitrogens with zero attached hydrogens (tertiary/aromatic N) is 3. The summed E-state index contributed by atoms with van der Waals surface area (Å²) in [6, 6.07) is 10.4. The molecule has 2 aliphatic rings. The maximum Gasteiger partial charge on any atom is 0.240 e. The Morgan fingerprint density at radius 1 is 0.964 bits per heavy atom. The Kier molecular flexibility index (Phi) is 7.90. The predicted octanol–water partition coefficient (Wildman–Crippen LogP) is 2.94. The average Bonchev–Trinajstić information content (AvgIpc) is 2.75. The van der Waals surface area contributed by atoms with Crippen LogP contribution in [0.4, 0.5) is 0 Å². The van der Waals surface area contributed by atoms with Crippen molar-refractivity contribution in [1.29, 1.82) is 0 Å². The van der Waals surface area contributed by atoms with E-state index in [-0.39, 0.29) is 17.9 Å². The fourth-order valence-corrected chi connectivity index (χ4v) is 4.46. The van der Waals surface area contributed by atoms with E-state index in [0.717, 1.165) is 45.2 Å². The lowest BCUT2D eigenvalue weighted by molar-refractivity contribution is -0.144. The number of likely N-dealkylation sites (tertiary alicyclic amines) is 1. The average molecular weight is 386 g/mol. The summed E-state index contributed by atoms with van der Waals surface area (Å²) in [5, 5.41) is 0. The van der Waals surface area contributed by atoms with E-state index in [0.29, 0.717) is 32.6 Å². The first-order chi connectivity index (χ1) is 13.7. The van der Waals surface area contributed by atoms with Crippen LogP contribution in [0.2, 0.25) is 0 Å². The van der Waals surface area contributed by atoms with Crippen molar-refractivity contribution < 1.29 is 9.59 Å². The van der Waals surface area contributed by atoms with E-state index in [1.807, 2.05) is 28.0 Å². The number of piperazine rings is 1. The number of hydrogen-bond donors (Lipinski definition) is 0. The highest BCUT2D eigenvalue weighted by molar-refractivity contribution is 5.82. The molecule has 5 nitrogen and oxygen atoms in total. The molecule has 1 aromatic carbocycles. The molecule has 0 saturated carbocycles. The summed E-state index contributed by atoms with van der Waals surface area (Å²) >= 11 is 0. The van der Waals surface area contributed by atoms with Crippen LogP contribution in [0.25, 0.3) is 0 Å². The topological polar surface area (TPSA) is 43.9 Å². The first-order valence-corrected chi connectivity index (χ1v) is 11.0. The minimum absolute atomic E-state index is 0.0572. The number of carbonyl (C=O) groups is 2. The van der Waals surface area contributed by atoms with E-state index in [9.17, 15) is 9.59 Å². The highest BCUT2D eigenvalue weighted by atomic mass is 16.2. The lowest BCUT2D eigenvalue weighted by Crippen LogP contribution is -2.56. The summed E-state index contributed by atoms with van der Waals surface area (Å²) in [5.41, 5.74) is 1.29. The van der Waals surface area contributed by atoms with Crippen molar-refractivity contribution in [3.05, 3.63) is 35.9 Å². The summed E-state index contributed by atoms with van der Waals surface area (Å²) in [7, 11) is 0. The molecule has 1 aromatic rings. The highest BCUT2D eigenvalue weighted by Gasteiger charge is 2.33. The van der Waals surface area contributed by atoms with E-state index in [1.165, 1.54) is 12.0 Å². The van der Waals surface area contributed by atoms with Gasteiger partial charge in [0.05, 0.1) is 6.04 Å². The lowest BCUT2D eigenvalue weighted by atomic mass is 10.00. The molecular weight excluding hydrogens is 350 g/mol. The molecule has 5 heteroatoms. The predicted molar refractivity (Wildman–Crippen MR) is 112 cm³/mol. The third-order valence-electron chi connectivity index (χ3n) is 6.05. The lowest BCUT2D eigenvalue weighted by Gasteiger charge is -2.40. The van der Waals surface area contributed by atoms with Gasteiger partial charge in [-0.25, -0.2) is 0 Å². The standard InChI is InChI=1S/C23H35N3O2/c1-2-14-24-15-7-6-12-21(24)23(28)26-18-16-25(17-19-26)22(27)13-8-11-20-9-4-3-5-10-20/h3-5,9-10,21H,2,6-8,11-19H2,1H3. The van der Waals surface area contributed by atoms with Crippen LogP contribution in [0, 0.1) is 0 Å². The Bertz CT molecular complexity index is 624. The smallest absolute Gasteiger partial charge is 0.240 e. The van der Waals surface area contributed by atoms with Crippen LogP contribution in [0.15, 0.2) is 30.3 Å². The Morgan fingerprint density at radius 3 is 2.39 bits per heavy atom. The fourth-order valence-electron chi connectivity index (χ4n) is 4.46. The summed E-state index contributed by atoms with van der Waals surface area (Å²) in [5.74, 6) is 0.512. The zero-order chi connectivity index (χ0) is 19.8. The Labute approximate surface area is 169 Å². The van der Waals surface area contributed by atoms with Crippen molar-refractivity contribution in [2.24, 2.45) is 0 Å². The summed E-state index contributed by atoms with van der Waals surface area (Å²) in [4.78, 5) is 31.8. The molecule has 2 amide bonds. The largest absolute Gasteiger partial charge is 0.339 e. The second-order valence-corrected chi connectivity index (χ2v) is 8.09. The van der Waals surface area contributed by atoms with Gasteiger partial charge in [-0.2, -0.15) is 0 Å². The quantitative estimate of drug-likeness (QED) is 0.725. The maximum atomic E-state index is 13.0. The van der Waals surface area contributed by atoms with Crippen LogP contribution in [-0.2, 0) is 16.0 Å². The van der Waals surface area contributed by atoms with Crippen LogP contribution in [0.5, 0.6) is 0 Å². The van der Waals surface area contributed by atoms with Gasteiger partial charge in [-0.3, -0.25) is 14.5 Å². The van der Waals surface area contributed by atoms with Gasteiger partial charge >= 0.3 is 0 Å². The molecule has 1 atom stereocenters. The minimum atomic E-state index is 0.0572. The van der Waals surface area contributed by atoms with E-state index >= 15 is 0 Å². The highest BCUT2D eigenvalue weighted by Crippen LogP contribution is 2.20. The molecule has 0 radical (unpaired) electrons. The number of aryl methyl sites for hydroxylation is 1. The molecule has 0 N–H and O–H groups in total. The molecule has 1 unspecified atom stereocenters. The third-order valence-corrected chi connectivity index (χ3v) is 6.05. The molecule has 3 rings (SSSR count). The molecule has 0 aromatic heterocycles. The molecule has 28 heavy (non-hydrogen) atoms. The van der Waals surface area contributed by atoms with E-state index < -0.39 is 0 Å². The zero-order valence-electron chi connectivity index (χ0n) is 17.3.